The molecule has 0 radical (unpaired) electrons. The van der Waals surface area contributed by atoms with E-state index in [1.165, 1.54) is 0 Å². The van der Waals surface area contributed by atoms with Crippen LogP contribution in [0, 0.1) is 0 Å². The van der Waals surface area contributed by atoms with Crippen LogP contribution in [0.15, 0.2) is 12.4 Å². The van der Waals surface area contributed by atoms with E-state index < -0.39 is 7.25 Å². The van der Waals surface area contributed by atoms with Crippen molar-refractivity contribution in [2.24, 2.45) is 0 Å². The highest BCUT2D eigenvalue weighted by molar-refractivity contribution is 6.50. The predicted molar refractivity (Wildman–Crippen MR) is 39.7 cm³/mol. The van der Waals surface area contributed by atoms with Crippen molar-refractivity contribution in [3.05, 3.63) is 12.4 Å². The number of halogens is 4. The van der Waals surface area contributed by atoms with Crippen molar-refractivity contribution in [2.45, 2.75) is 0 Å². The summed E-state index contributed by atoms with van der Waals surface area (Å²) in [6, 6.07) is 0. The van der Waals surface area contributed by atoms with E-state index in [1.54, 1.807) is 0 Å². The molecule has 0 saturated heterocycles. The Kier molecular flexibility index (Phi) is 3.92. The molecule has 0 bridgehead atoms. The molecule has 0 N–H and O–H groups in total. The largest absolute Gasteiger partial charge is 0.673 e. The van der Waals surface area contributed by atoms with Gasteiger partial charge in [-0.3, -0.25) is 0 Å². The van der Waals surface area contributed by atoms with Gasteiger partial charge in [0.1, 0.15) is 0 Å². The maximum atomic E-state index is 9.75. The zero-order valence-electron chi connectivity index (χ0n) is 6.85. The van der Waals surface area contributed by atoms with Crippen LogP contribution < -0.4 is 0 Å². The maximum absolute atomic E-state index is 9.75. The van der Waals surface area contributed by atoms with E-state index in [2.05, 4.69) is 36.3 Å². The van der Waals surface area contributed by atoms with Crippen LogP contribution in [0.2, 0.25) is 0 Å². The van der Waals surface area contributed by atoms with Crippen LogP contribution in [-0.4, -0.2) is 37.8 Å². The van der Waals surface area contributed by atoms with Crippen molar-refractivity contribution in [1.29, 1.82) is 0 Å². The van der Waals surface area contributed by atoms with Crippen molar-refractivity contribution in [2.75, 3.05) is 20.8 Å². The molecular formula is C5H10BF4N2-. The van der Waals surface area contributed by atoms with Crippen molar-refractivity contribution in [1.82, 2.24) is 9.80 Å². The molecule has 0 fully saturated rings. The summed E-state index contributed by atoms with van der Waals surface area (Å²) < 4.78 is 39.0. The van der Waals surface area contributed by atoms with E-state index in [-0.39, 0.29) is 0 Å². The lowest BCUT2D eigenvalue weighted by Crippen LogP contribution is -2.17. The first-order valence-corrected chi connectivity index (χ1v) is 3.25. The fourth-order valence-corrected chi connectivity index (χ4v) is 0.674. The molecule has 0 amide bonds. The quantitative estimate of drug-likeness (QED) is 0.417. The van der Waals surface area contributed by atoms with Crippen LogP contribution in [-0.2, 0) is 0 Å². The highest BCUT2D eigenvalue weighted by atomic mass is 19.5. The van der Waals surface area contributed by atoms with Crippen molar-refractivity contribution in [3.8, 4) is 0 Å². The standard InChI is InChI=1S/C5H10N2.BF4/c1-6-3-4-7(2)5-6;2-1(3,4)5/h3-4H,5H2,1-2H3;/q;-1. The molecule has 0 aromatic carbocycles. The first kappa shape index (κ1) is 11.1. The van der Waals surface area contributed by atoms with Crippen molar-refractivity contribution >= 4 is 7.25 Å². The monoisotopic (exact) mass is 185 g/mol. The molecule has 1 rings (SSSR count). The second kappa shape index (κ2) is 4.23. The second-order valence-corrected chi connectivity index (χ2v) is 2.45. The summed E-state index contributed by atoms with van der Waals surface area (Å²) in [4.78, 5) is 4.25. The molecule has 72 valence electrons. The van der Waals surface area contributed by atoms with E-state index in [4.69, 9.17) is 0 Å². The van der Waals surface area contributed by atoms with Gasteiger partial charge in [-0.15, -0.1) is 0 Å². The van der Waals surface area contributed by atoms with Crippen LogP contribution in [0.3, 0.4) is 0 Å². The maximum Gasteiger partial charge on any atom is 0.673 e. The van der Waals surface area contributed by atoms with Crippen LogP contribution in [0.5, 0.6) is 0 Å². The zero-order chi connectivity index (χ0) is 9.78. The van der Waals surface area contributed by atoms with Crippen molar-refractivity contribution in [3.63, 3.8) is 0 Å². The molecular weight excluding hydrogens is 175 g/mol. The van der Waals surface area contributed by atoms with Gasteiger partial charge in [0.05, 0.1) is 6.67 Å². The number of hydrogen-bond donors (Lipinski definition) is 0. The lowest BCUT2D eigenvalue weighted by atomic mass is 10.3. The Morgan fingerprint density at radius 1 is 1.00 bits per heavy atom. The third kappa shape index (κ3) is 9.12. The van der Waals surface area contributed by atoms with Gasteiger partial charge < -0.3 is 27.1 Å². The normalized spacial score (nSPS) is 16.2. The van der Waals surface area contributed by atoms with Gasteiger partial charge in [0.2, 0.25) is 0 Å². The minimum Gasteiger partial charge on any atom is -0.418 e. The number of rotatable bonds is 0. The average molecular weight is 185 g/mol. The topological polar surface area (TPSA) is 6.48 Å². The van der Waals surface area contributed by atoms with E-state index in [1.807, 2.05) is 0 Å². The van der Waals surface area contributed by atoms with Crippen LogP contribution in [0.4, 0.5) is 17.3 Å². The molecule has 0 aromatic heterocycles. The van der Waals surface area contributed by atoms with E-state index >= 15 is 0 Å². The predicted octanol–water partition coefficient (Wildman–Crippen LogP) is 1.59. The summed E-state index contributed by atoms with van der Waals surface area (Å²) in [7, 11) is -1.89. The molecule has 0 aliphatic carbocycles. The highest BCUT2D eigenvalue weighted by Gasteiger charge is 2.20. The third-order valence-corrected chi connectivity index (χ3v) is 1.02. The SMILES string of the molecule is CN1C=CN(C)C1.F[B-](F)(F)F. The summed E-state index contributed by atoms with van der Waals surface area (Å²) in [5, 5.41) is 0. The molecule has 0 saturated carbocycles. The Balaban J connectivity index is 0.000000217. The Hall–Kier alpha value is -0.875. The second-order valence-electron chi connectivity index (χ2n) is 2.45. The van der Waals surface area contributed by atoms with E-state index in [0.29, 0.717) is 0 Å². The average Bonchev–Trinajstić information content (AvgIpc) is 2.09. The Morgan fingerprint density at radius 2 is 1.25 bits per heavy atom. The molecule has 0 aromatic rings. The highest BCUT2D eigenvalue weighted by Crippen LogP contribution is 2.06. The van der Waals surface area contributed by atoms with Gasteiger partial charge in [0.25, 0.3) is 0 Å². The van der Waals surface area contributed by atoms with Crippen LogP contribution in [0.25, 0.3) is 0 Å². The molecule has 0 spiro atoms. The minimum absolute atomic E-state index is 1.03. The number of nitrogens with zero attached hydrogens (tertiary/aromatic N) is 2. The lowest BCUT2D eigenvalue weighted by molar-refractivity contribution is 0.340. The van der Waals surface area contributed by atoms with Gasteiger partial charge in [-0.05, 0) is 0 Å². The summed E-state index contributed by atoms with van der Waals surface area (Å²) >= 11 is 0. The molecule has 12 heavy (non-hydrogen) atoms. The van der Waals surface area contributed by atoms with Gasteiger partial charge >= 0.3 is 7.25 Å². The summed E-state index contributed by atoms with van der Waals surface area (Å²) in [6.07, 6.45) is 4.11. The Morgan fingerprint density at radius 3 is 1.33 bits per heavy atom. The Labute approximate surface area is 68.5 Å². The van der Waals surface area contributed by atoms with Gasteiger partial charge in [-0.25, -0.2) is 0 Å². The first-order chi connectivity index (χ1) is 5.29. The molecule has 1 aliphatic rings. The lowest BCUT2D eigenvalue weighted by Gasteiger charge is -2.10. The molecule has 0 atom stereocenters. The molecule has 0 unspecified atom stereocenters. The zero-order valence-corrected chi connectivity index (χ0v) is 6.85. The molecule has 1 aliphatic heterocycles. The molecule has 1 heterocycles. The van der Waals surface area contributed by atoms with Crippen LogP contribution in [0.1, 0.15) is 0 Å². The van der Waals surface area contributed by atoms with Crippen molar-refractivity contribution < 1.29 is 17.3 Å². The summed E-state index contributed by atoms with van der Waals surface area (Å²) in [5.41, 5.74) is 0. The van der Waals surface area contributed by atoms with Gasteiger partial charge in [-0.1, -0.05) is 0 Å². The smallest absolute Gasteiger partial charge is 0.418 e. The van der Waals surface area contributed by atoms with Gasteiger partial charge in [0.15, 0.2) is 0 Å². The molecule has 2 nitrogen and oxygen atoms in total. The minimum atomic E-state index is -6.00. The summed E-state index contributed by atoms with van der Waals surface area (Å²) in [5.74, 6) is 0. The van der Waals surface area contributed by atoms with E-state index in [9.17, 15) is 17.3 Å². The first-order valence-electron chi connectivity index (χ1n) is 3.25. The summed E-state index contributed by atoms with van der Waals surface area (Å²) in [6.45, 7) is 1.03. The molecule has 7 heteroatoms. The third-order valence-electron chi connectivity index (χ3n) is 1.02. The fraction of sp³-hybridized carbons (Fsp3) is 0.600. The van der Waals surface area contributed by atoms with Gasteiger partial charge in [-0.2, -0.15) is 0 Å². The Bertz CT molecular complexity index is 142. The fourth-order valence-electron chi connectivity index (χ4n) is 0.674. The van der Waals surface area contributed by atoms with Crippen LogP contribution >= 0.6 is 0 Å². The van der Waals surface area contributed by atoms with E-state index in [0.717, 1.165) is 6.67 Å². The van der Waals surface area contributed by atoms with Gasteiger partial charge in [0, 0.05) is 26.5 Å². The number of hydrogen-bond acceptors (Lipinski definition) is 2.